The van der Waals surface area contributed by atoms with Crippen LogP contribution in [0.15, 0.2) is 64.4 Å². The first-order valence-corrected chi connectivity index (χ1v) is 15.2. The summed E-state index contributed by atoms with van der Waals surface area (Å²) in [5.41, 5.74) is 2.17. The van der Waals surface area contributed by atoms with Gasteiger partial charge in [0.15, 0.2) is 5.82 Å². The van der Waals surface area contributed by atoms with Gasteiger partial charge in [-0.1, -0.05) is 0 Å². The van der Waals surface area contributed by atoms with E-state index in [1.807, 2.05) is 33.3 Å². The summed E-state index contributed by atoms with van der Waals surface area (Å²) >= 11 is 0. The summed E-state index contributed by atoms with van der Waals surface area (Å²) in [7, 11) is 4.82. The Balaban J connectivity index is 1.68. The molecule has 1 amide bonds. The zero-order valence-corrected chi connectivity index (χ0v) is 26.0. The number of H-pyrrole nitrogens is 1. The summed E-state index contributed by atoms with van der Waals surface area (Å²) in [6.45, 7) is 2.23. The number of rotatable bonds is 14. The van der Waals surface area contributed by atoms with Crippen LogP contribution >= 0.6 is 0 Å². The third kappa shape index (κ3) is 7.69. The Labute approximate surface area is 255 Å². The standard InChI is InChI=1S/C30H36F2N6O5S/c1-37(2)10-11-38(3)22-6-8-25(28(15-22)33-21(17-42-4)18-43-5)30(39)34-29-26-16-23(7-9-27(26)35-36-29)44(40,41)24-13-19(31)12-20(32)14-24/h6-9,12-16,21,33H,10-11,17-18H2,1-5H3,(H2,34,35,36,39). The topological polar surface area (TPSA) is 129 Å². The third-order valence-corrected chi connectivity index (χ3v) is 8.62. The highest BCUT2D eigenvalue weighted by Crippen LogP contribution is 2.30. The van der Waals surface area contributed by atoms with E-state index in [0.29, 0.717) is 41.4 Å². The molecule has 14 heteroatoms. The van der Waals surface area contributed by atoms with E-state index in [2.05, 4.69) is 30.6 Å². The van der Waals surface area contributed by atoms with Crippen LogP contribution in [0.1, 0.15) is 10.4 Å². The average Bonchev–Trinajstić information content (AvgIpc) is 3.37. The van der Waals surface area contributed by atoms with Crippen molar-refractivity contribution in [1.82, 2.24) is 15.1 Å². The minimum Gasteiger partial charge on any atom is -0.382 e. The van der Waals surface area contributed by atoms with E-state index in [-0.39, 0.29) is 16.8 Å². The average molecular weight is 631 g/mol. The molecule has 0 atom stereocenters. The fraction of sp³-hybridized carbons (Fsp3) is 0.333. The van der Waals surface area contributed by atoms with Crippen molar-refractivity contribution < 1.29 is 31.5 Å². The van der Waals surface area contributed by atoms with Gasteiger partial charge in [0.1, 0.15) is 11.6 Å². The highest BCUT2D eigenvalue weighted by molar-refractivity contribution is 7.91. The monoisotopic (exact) mass is 630 g/mol. The molecule has 0 fully saturated rings. The molecule has 0 aliphatic rings. The fourth-order valence-electron chi connectivity index (χ4n) is 4.57. The van der Waals surface area contributed by atoms with E-state index in [1.165, 1.54) is 18.2 Å². The zero-order chi connectivity index (χ0) is 32.0. The summed E-state index contributed by atoms with van der Waals surface area (Å²) in [5.74, 6) is -2.45. The number of sulfone groups is 1. The number of aromatic amines is 1. The van der Waals surface area contributed by atoms with Gasteiger partial charge in [0.25, 0.3) is 5.91 Å². The van der Waals surface area contributed by atoms with E-state index >= 15 is 0 Å². The second kappa shape index (κ2) is 14.1. The van der Waals surface area contributed by atoms with Crippen molar-refractivity contribution >= 4 is 43.8 Å². The Morgan fingerprint density at radius 2 is 1.61 bits per heavy atom. The van der Waals surface area contributed by atoms with E-state index in [1.54, 1.807) is 20.3 Å². The number of hydrogen-bond donors (Lipinski definition) is 3. The molecule has 0 saturated heterocycles. The molecule has 44 heavy (non-hydrogen) atoms. The molecule has 3 N–H and O–H groups in total. The normalized spacial score (nSPS) is 11.8. The number of nitrogens with one attached hydrogen (secondary N) is 3. The van der Waals surface area contributed by atoms with Crippen LogP contribution in [0.25, 0.3) is 10.9 Å². The number of carbonyl (C=O) groups excluding carboxylic acids is 1. The molecule has 0 spiro atoms. The molecular weight excluding hydrogens is 594 g/mol. The van der Waals surface area contributed by atoms with Crippen molar-refractivity contribution in [3.63, 3.8) is 0 Å². The number of nitrogens with zero attached hydrogens (tertiary/aromatic N) is 3. The van der Waals surface area contributed by atoms with Crippen LogP contribution in [-0.4, -0.2) is 97.1 Å². The summed E-state index contributed by atoms with van der Waals surface area (Å²) in [6.07, 6.45) is 0. The van der Waals surface area contributed by atoms with Crippen molar-refractivity contribution in [2.45, 2.75) is 15.8 Å². The van der Waals surface area contributed by atoms with Crippen molar-refractivity contribution in [3.8, 4) is 0 Å². The summed E-state index contributed by atoms with van der Waals surface area (Å²) in [4.78, 5) is 17.1. The lowest BCUT2D eigenvalue weighted by Gasteiger charge is -2.25. The molecule has 0 aliphatic heterocycles. The van der Waals surface area contributed by atoms with Crippen LogP contribution < -0.4 is 15.5 Å². The molecule has 0 saturated carbocycles. The van der Waals surface area contributed by atoms with Gasteiger partial charge in [0.05, 0.1) is 40.1 Å². The SMILES string of the molecule is COCC(COC)Nc1cc(N(C)CCN(C)C)ccc1C(=O)Nc1n[nH]c2ccc(S(=O)(=O)c3cc(F)cc(F)c3)cc12. The maximum Gasteiger partial charge on any atom is 0.258 e. The third-order valence-electron chi connectivity index (χ3n) is 6.89. The van der Waals surface area contributed by atoms with Crippen LogP contribution in [-0.2, 0) is 19.3 Å². The molecule has 0 radical (unpaired) electrons. The van der Waals surface area contributed by atoms with Crippen molar-refractivity contribution in [3.05, 3.63) is 71.8 Å². The quantitative estimate of drug-likeness (QED) is 0.189. The number of anilines is 3. The lowest BCUT2D eigenvalue weighted by molar-refractivity contribution is 0.102. The molecule has 4 rings (SSSR count). The van der Waals surface area contributed by atoms with E-state index < -0.39 is 32.3 Å². The minimum atomic E-state index is -4.28. The first-order valence-electron chi connectivity index (χ1n) is 13.7. The van der Waals surface area contributed by atoms with Crippen molar-refractivity contribution in [1.29, 1.82) is 0 Å². The molecule has 4 aromatic rings. The largest absolute Gasteiger partial charge is 0.382 e. The molecule has 11 nitrogen and oxygen atoms in total. The van der Waals surface area contributed by atoms with Crippen LogP contribution in [0, 0.1) is 11.6 Å². The summed E-state index contributed by atoms with van der Waals surface area (Å²) in [5, 5.41) is 13.4. The predicted octanol–water partition coefficient (Wildman–Crippen LogP) is 4.00. The lowest BCUT2D eigenvalue weighted by atomic mass is 10.1. The van der Waals surface area contributed by atoms with Crippen LogP contribution in [0.5, 0.6) is 0 Å². The molecule has 1 aromatic heterocycles. The number of hydrogen-bond acceptors (Lipinski definition) is 9. The summed E-state index contributed by atoms with van der Waals surface area (Å²) in [6, 6.07) is 11.3. The van der Waals surface area contributed by atoms with Gasteiger partial charge in [-0.2, -0.15) is 5.10 Å². The second-order valence-corrected chi connectivity index (χ2v) is 12.5. The molecular formula is C30H36F2N6O5S. The van der Waals surface area contributed by atoms with Crippen LogP contribution in [0.3, 0.4) is 0 Å². The van der Waals surface area contributed by atoms with E-state index in [4.69, 9.17) is 9.47 Å². The zero-order valence-electron chi connectivity index (χ0n) is 25.1. The number of methoxy groups -OCH3 is 2. The number of carbonyl (C=O) groups is 1. The number of benzene rings is 3. The Hall–Kier alpha value is -4.11. The Morgan fingerprint density at radius 1 is 0.932 bits per heavy atom. The van der Waals surface area contributed by atoms with Gasteiger partial charge in [-0.05, 0) is 62.6 Å². The molecule has 1 heterocycles. The summed E-state index contributed by atoms with van der Waals surface area (Å²) < 4.78 is 64.6. The van der Waals surface area contributed by atoms with Gasteiger partial charge in [0.2, 0.25) is 9.84 Å². The lowest BCUT2D eigenvalue weighted by Crippen LogP contribution is -2.31. The van der Waals surface area contributed by atoms with Crippen LogP contribution in [0.2, 0.25) is 0 Å². The van der Waals surface area contributed by atoms with Crippen molar-refractivity contribution in [2.24, 2.45) is 0 Å². The molecule has 0 aliphatic carbocycles. The predicted molar refractivity (Wildman–Crippen MR) is 165 cm³/mol. The number of aromatic nitrogens is 2. The smallest absolute Gasteiger partial charge is 0.258 e. The highest BCUT2D eigenvalue weighted by Gasteiger charge is 2.23. The van der Waals surface area contributed by atoms with Gasteiger partial charge < -0.3 is 29.9 Å². The van der Waals surface area contributed by atoms with Gasteiger partial charge in [-0.15, -0.1) is 0 Å². The number of ether oxygens (including phenoxy) is 2. The molecule has 236 valence electrons. The second-order valence-electron chi connectivity index (χ2n) is 10.5. The number of halogens is 2. The van der Waals surface area contributed by atoms with Gasteiger partial charge in [-0.3, -0.25) is 9.89 Å². The van der Waals surface area contributed by atoms with E-state index in [9.17, 15) is 22.0 Å². The number of likely N-dealkylation sites (N-methyl/N-ethyl adjacent to an activating group) is 2. The number of amides is 1. The van der Waals surface area contributed by atoms with E-state index in [0.717, 1.165) is 30.9 Å². The molecule has 0 bridgehead atoms. The van der Waals surface area contributed by atoms with Gasteiger partial charge in [0, 0.05) is 57.2 Å². The Kier molecular flexibility index (Phi) is 10.5. The maximum absolute atomic E-state index is 13.8. The van der Waals surface area contributed by atoms with Crippen LogP contribution in [0.4, 0.5) is 26.0 Å². The highest BCUT2D eigenvalue weighted by atomic mass is 32.2. The Morgan fingerprint density at radius 3 is 2.25 bits per heavy atom. The van der Waals surface area contributed by atoms with Gasteiger partial charge >= 0.3 is 0 Å². The fourth-order valence-corrected chi connectivity index (χ4v) is 5.90. The van der Waals surface area contributed by atoms with Gasteiger partial charge in [-0.25, -0.2) is 17.2 Å². The van der Waals surface area contributed by atoms with Crippen molar-refractivity contribution in [2.75, 3.05) is 77.2 Å². The first kappa shape index (κ1) is 32.8. The maximum atomic E-state index is 13.8. The first-order chi connectivity index (χ1) is 20.9. The Bertz CT molecular complexity index is 1700. The number of fused-ring (bicyclic) bond motifs is 1. The molecule has 3 aromatic carbocycles. The molecule has 0 unspecified atom stereocenters. The minimum absolute atomic E-state index is 0.0796.